The van der Waals surface area contributed by atoms with E-state index >= 15 is 0 Å². The molecule has 13 heavy (non-hydrogen) atoms. The topological polar surface area (TPSA) is 38.0 Å². The van der Waals surface area contributed by atoms with Crippen LogP contribution in [-0.4, -0.2) is 19.6 Å². The maximum Gasteiger partial charge on any atom is 0.0130 e. The van der Waals surface area contributed by atoms with E-state index in [2.05, 4.69) is 19.3 Å². The molecule has 2 nitrogen and oxygen atoms in total. The highest BCUT2D eigenvalue weighted by Crippen LogP contribution is 2.28. The van der Waals surface area contributed by atoms with E-state index in [1.165, 1.54) is 32.1 Å². The molecule has 0 amide bonds. The zero-order valence-corrected chi connectivity index (χ0v) is 9.05. The zero-order chi connectivity index (χ0) is 9.68. The standard InChI is InChI=1S/C11H24N2/c1-9(8-12)11(13-2)10-6-4-3-5-7-10/h9-11,13H,3-8,12H2,1-2H3. The van der Waals surface area contributed by atoms with Gasteiger partial charge in [-0.2, -0.15) is 0 Å². The second kappa shape index (κ2) is 5.61. The van der Waals surface area contributed by atoms with Gasteiger partial charge in [0.25, 0.3) is 0 Å². The summed E-state index contributed by atoms with van der Waals surface area (Å²) in [6, 6.07) is 0.644. The molecular formula is C11H24N2. The van der Waals surface area contributed by atoms with Gasteiger partial charge in [-0.25, -0.2) is 0 Å². The molecule has 1 fully saturated rings. The minimum atomic E-state index is 0.619. The lowest BCUT2D eigenvalue weighted by Gasteiger charge is -2.33. The van der Waals surface area contributed by atoms with Gasteiger partial charge in [-0.15, -0.1) is 0 Å². The quantitative estimate of drug-likeness (QED) is 0.698. The molecule has 0 radical (unpaired) electrons. The van der Waals surface area contributed by atoms with Crippen molar-refractivity contribution in [3.63, 3.8) is 0 Å². The first-order valence-electron chi connectivity index (χ1n) is 5.67. The summed E-state index contributed by atoms with van der Waals surface area (Å²) in [5.41, 5.74) is 5.72. The number of hydrogen-bond donors (Lipinski definition) is 2. The first kappa shape index (κ1) is 11.0. The molecule has 0 aliphatic heterocycles. The number of nitrogens with two attached hydrogens (primary N) is 1. The monoisotopic (exact) mass is 184 g/mol. The molecule has 2 unspecified atom stereocenters. The van der Waals surface area contributed by atoms with E-state index in [-0.39, 0.29) is 0 Å². The Hall–Kier alpha value is -0.0800. The summed E-state index contributed by atoms with van der Waals surface area (Å²) in [6.45, 7) is 3.07. The van der Waals surface area contributed by atoms with Crippen LogP contribution in [0.1, 0.15) is 39.0 Å². The predicted molar refractivity (Wildman–Crippen MR) is 57.6 cm³/mol. The molecule has 2 atom stereocenters. The molecule has 0 heterocycles. The SMILES string of the molecule is CNC(C(C)CN)C1CCCCC1. The van der Waals surface area contributed by atoms with E-state index in [0.717, 1.165) is 12.5 Å². The fourth-order valence-electron chi connectivity index (χ4n) is 2.62. The summed E-state index contributed by atoms with van der Waals surface area (Å²) in [6.07, 6.45) is 7.07. The molecule has 2 heteroatoms. The Balaban J connectivity index is 2.43. The van der Waals surface area contributed by atoms with E-state index in [1.54, 1.807) is 0 Å². The van der Waals surface area contributed by atoms with Crippen molar-refractivity contribution in [1.29, 1.82) is 0 Å². The fourth-order valence-corrected chi connectivity index (χ4v) is 2.62. The second-order valence-corrected chi connectivity index (χ2v) is 4.43. The minimum Gasteiger partial charge on any atom is -0.330 e. The average molecular weight is 184 g/mol. The molecule has 3 N–H and O–H groups in total. The molecule has 0 aromatic rings. The summed E-state index contributed by atoms with van der Waals surface area (Å²) in [5, 5.41) is 3.44. The lowest BCUT2D eigenvalue weighted by Crippen LogP contribution is -2.42. The van der Waals surface area contributed by atoms with Crippen LogP contribution in [0, 0.1) is 11.8 Å². The van der Waals surface area contributed by atoms with Gasteiger partial charge in [0.05, 0.1) is 0 Å². The van der Waals surface area contributed by atoms with Crippen LogP contribution in [0.4, 0.5) is 0 Å². The number of hydrogen-bond acceptors (Lipinski definition) is 2. The highest BCUT2D eigenvalue weighted by molar-refractivity contribution is 4.82. The lowest BCUT2D eigenvalue weighted by molar-refractivity contribution is 0.227. The third kappa shape index (κ3) is 2.96. The van der Waals surface area contributed by atoms with Crippen molar-refractivity contribution in [2.24, 2.45) is 17.6 Å². The summed E-state index contributed by atoms with van der Waals surface area (Å²) >= 11 is 0. The maximum absolute atomic E-state index is 5.72. The summed E-state index contributed by atoms with van der Waals surface area (Å²) in [7, 11) is 2.07. The van der Waals surface area contributed by atoms with Gasteiger partial charge >= 0.3 is 0 Å². The van der Waals surface area contributed by atoms with E-state index < -0.39 is 0 Å². The van der Waals surface area contributed by atoms with Gasteiger partial charge < -0.3 is 11.1 Å². The van der Waals surface area contributed by atoms with E-state index in [4.69, 9.17) is 5.73 Å². The third-order valence-electron chi connectivity index (χ3n) is 3.48. The normalized spacial score (nSPS) is 24.2. The van der Waals surface area contributed by atoms with E-state index in [1.807, 2.05) is 0 Å². The molecule has 1 rings (SSSR count). The summed E-state index contributed by atoms with van der Waals surface area (Å²) in [4.78, 5) is 0. The first-order valence-corrected chi connectivity index (χ1v) is 5.67. The van der Waals surface area contributed by atoms with Crippen LogP contribution < -0.4 is 11.1 Å². The van der Waals surface area contributed by atoms with Crippen molar-refractivity contribution >= 4 is 0 Å². The maximum atomic E-state index is 5.72. The summed E-state index contributed by atoms with van der Waals surface area (Å²) < 4.78 is 0. The van der Waals surface area contributed by atoms with Crippen LogP contribution in [0.15, 0.2) is 0 Å². The molecule has 78 valence electrons. The van der Waals surface area contributed by atoms with Gasteiger partial charge in [0.2, 0.25) is 0 Å². The van der Waals surface area contributed by atoms with Crippen molar-refractivity contribution < 1.29 is 0 Å². The van der Waals surface area contributed by atoms with Crippen LogP contribution in [0.3, 0.4) is 0 Å². The van der Waals surface area contributed by atoms with Crippen molar-refractivity contribution in [2.45, 2.75) is 45.1 Å². The summed E-state index contributed by atoms with van der Waals surface area (Å²) in [5.74, 6) is 1.49. The molecule has 1 saturated carbocycles. The van der Waals surface area contributed by atoms with Crippen LogP contribution in [0.25, 0.3) is 0 Å². The third-order valence-corrected chi connectivity index (χ3v) is 3.48. The highest BCUT2D eigenvalue weighted by atomic mass is 14.9. The molecule has 1 aliphatic rings. The zero-order valence-electron chi connectivity index (χ0n) is 9.05. The van der Waals surface area contributed by atoms with E-state index in [9.17, 15) is 0 Å². The van der Waals surface area contributed by atoms with Crippen LogP contribution in [0.2, 0.25) is 0 Å². The van der Waals surface area contributed by atoms with Crippen LogP contribution in [0.5, 0.6) is 0 Å². The predicted octanol–water partition coefficient (Wildman–Crippen LogP) is 1.75. The van der Waals surface area contributed by atoms with Gasteiger partial charge in [-0.1, -0.05) is 26.2 Å². The van der Waals surface area contributed by atoms with Crippen LogP contribution in [-0.2, 0) is 0 Å². The van der Waals surface area contributed by atoms with Crippen molar-refractivity contribution in [3.8, 4) is 0 Å². The van der Waals surface area contributed by atoms with Gasteiger partial charge in [0.1, 0.15) is 0 Å². The fraction of sp³-hybridized carbons (Fsp3) is 1.00. The van der Waals surface area contributed by atoms with Gasteiger partial charge in [0, 0.05) is 6.04 Å². The number of nitrogens with one attached hydrogen (secondary N) is 1. The molecule has 1 aliphatic carbocycles. The Labute approximate surface area is 82.3 Å². The smallest absolute Gasteiger partial charge is 0.0130 e. The molecule has 0 spiro atoms. The Kier molecular flexibility index (Phi) is 4.74. The van der Waals surface area contributed by atoms with Crippen molar-refractivity contribution in [3.05, 3.63) is 0 Å². The van der Waals surface area contributed by atoms with Gasteiger partial charge in [0.15, 0.2) is 0 Å². The molecule has 0 aromatic heterocycles. The minimum absolute atomic E-state index is 0.619. The van der Waals surface area contributed by atoms with Gasteiger partial charge in [-0.05, 0) is 38.3 Å². The Bertz CT molecular complexity index is 130. The first-order chi connectivity index (χ1) is 6.29. The molecule has 0 aromatic carbocycles. The lowest BCUT2D eigenvalue weighted by atomic mass is 9.79. The Morgan fingerprint density at radius 2 is 1.92 bits per heavy atom. The second-order valence-electron chi connectivity index (χ2n) is 4.43. The largest absolute Gasteiger partial charge is 0.330 e. The van der Waals surface area contributed by atoms with Gasteiger partial charge in [-0.3, -0.25) is 0 Å². The van der Waals surface area contributed by atoms with Crippen molar-refractivity contribution in [1.82, 2.24) is 5.32 Å². The Morgan fingerprint density at radius 3 is 2.38 bits per heavy atom. The Morgan fingerprint density at radius 1 is 1.31 bits per heavy atom. The molecule has 0 saturated heterocycles. The average Bonchev–Trinajstić information content (AvgIpc) is 2.20. The molecule has 0 bridgehead atoms. The van der Waals surface area contributed by atoms with Crippen LogP contribution >= 0.6 is 0 Å². The van der Waals surface area contributed by atoms with E-state index in [0.29, 0.717) is 12.0 Å². The highest BCUT2D eigenvalue weighted by Gasteiger charge is 2.25. The molecular weight excluding hydrogens is 160 g/mol. The number of rotatable bonds is 4. The van der Waals surface area contributed by atoms with Crippen molar-refractivity contribution in [2.75, 3.05) is 13.6 Å².